The van der Waals surface area contributed by atoms with Crippen LogP contribution < -0.4 is 5.32 Å². The Bertz CT molecular complexity index is 602. The van der Waals surface area contributed by atoms with Gasteiger partial charge in [-0.1, -0.05) is 48.8 Å². The summed E-state index contributed by atoms with van der Waals surface area (Å²) in [7, 11) is 0. The van der Waals surface area contributed by atoms with E-state index in [0.717, 1.165) is 24.9 Å². The van der Waals surface area contributed by atoms with E-state index in [2.05, 4.69) is 27.4 Å². The average molecular weight is 325 g/mol. The summed E-state index contributed by atoms with van der Waals surface area (Å²) in [5.74, 6) is 0.913. The number of amides is 1. The topological polar surface area (TPSA) is 70.7 Å². The highest BCUT2D eigenvalue weighted by atomic mass is 35.5. The van der Waals surface area contributed by atoms with Crippen molar-refractivity contribution in [2.24, 2.45) is 0 Å². The molecule has 0 atom stereocenters. The van der Waals surface area contributed by atoms with Crippen LogP contribution in [0.1, 0.15) is 19.8 Å². The maximum atomic E-state index is 11.6. The molecule has 2 rings (SSSR count). The summed E-state index contributed by atoms with van der Waals surface area (Å²) in [5.41, 5.74) is 0.797. The molecule has 0 aliphatic rings. The molecule has 0 saturated carbocycles. The summed E-state index contributed by atoms with van der Waals surface area (Å²) in [4.78, 5) is 15.9. The number of H-pyrrole nitrogens is 1. The minimum Gasteiger partial charge on any atom is -0.355 e. The molecule has 2 aromatic rings. The zero-order chi connectivity index (χ0) is 15.1. The predicted octanol–water partition coefficient (Wildman–Crippen LogP) is 3.13. The van der Waals surface area contributed by atoms with Gasteiger partial charge in [-0.15, -0.1) is 5.10 Å². The molecule has 0 fully saturated rings. The molecule has 1 heterocycles. The van der Waals surface area contributed by atoms with Crippen molar-refractivity contribution in [3.05, 3.63) is 29.3 Å². The van der Waals surface area contributed by atoms with Crippen LogP contribution in [0.2, 0.25) is 5.02 Å². The Morgan fingerprint density at radius 1 is 1.43 bits per heavy atom. The van der Waals surface area contributed by atoms with E-state index in [-0.39, 0.29) is 5.91 Å². The van der Waals surface area contributed by atoms with E-state index in [0.29, 0.717) is 21.8 Å². The van der Waals surface area contributed by atoms with Crippen LogP contribution in [0.5, 0.6) is 0 Å². The van der Waals surface area contributed by atoms with E-state index in [4.69, 9.17) is 11.6 Å². The highest BCUT2D eigenvalue weighted by Crippen LogP contribution is 2.25. The average Bonchev–Trinajstić information content (AvgIpc) is 2.94. The van der Waals surface area contributed by atoms with Crippen LogP contribution in [-0.4, -0.2) is 33.4 Å². The van der Waals surface area contributed by atoms with Crippen molar-refractivity contribution in [2.75, 3.05) is 12.3 Å². The Kier molecular flexibility index (Phi) is 6.07. The summed E-state index contributed by atoms with van der Waals surface area (Å²) in [6.07, 6.45) is 2.06. The number of thioether (sulfide) groups is 1. The molecule has 0 aliphatic heterocycles. The van der Waals surface area contributed by atoms with Crippen LogP contribution in [0.4, 0.5) is 0 Å². The van der Waals surface area contributed by atoms with Crippen molar-refractivity contribution in [2.45, 2.75) is 24.9 Å². The predicted molar refractivity (Wildman–Crippen MR) is 85.5 cm³/mol. The SMILES string of the molecule is CCCCNC(=O)CSc1n[nH]c(-c2ccccc2Cl)n1. The van der Waals surface area contributed by atoms with E-state index < -0.39 is 0 Å². The Morgan fingerprint density at radius 2 is 2.24 bits per heavy atom. The van der Waals surface area contributed by atoms with E-state index in [9.17, 15) is 4.79 Å². The van der Waals surface area contributed by atoms with Crippen LogP contribution in [-0.2, 0) is 4.79 Å². The molecule has 112 valence electrons. The lowest BCUT2D eigenvalue weighted by Crippen LogP contribution is -2.26. The molecule has 0 saturated heterocycles. The summed E-state index contributed by atoms with van der Waals surface area (Å²) in [6, 6.07) is 7.42. The monoisotopic (exact) mass is 324 g/mol. The van der Waals surface area contributed by atoms with Crippen molar-refractivity contribution >= 4 is 29.3 Å². The minimum absolute atomic E-state index is 0.00227. The van der Waals surface area contributed by atoms with Crippen LogP contribution in [0, 0.1) is 0 Å². The fourth-order valence-electron chi connectivity index (χ4n) is 1.67. The van der Waals surface area contributed by atoms with E-state index in [1.807, 2.05) is 18.2 Å². The molecule has 1 aromatic carbocycles. The second-order valence-electron chi connectivity index (χ2n) is 4.44. The molecule has 0 aliphatic carbocycles. The lowest BCUT2D eigenvalue weighted by atomic mass is 10.2. The molecule has 0 unspecified atom stereocenters. The van der Waals surface area contributed by atoms with E-state index in [1.165, 1.54) is 11.8 Å². The maximum absolute atomic E-state index is 11.6. The summed E-state index contributed by atoms with van der Waals surface area (Å²) < 4.78 is 0. The molecule has 0 radical (unpaired) electrons. The number of aromatic nitrogens is 3. The van der Waals surface area contributed by atoms with Gasteiger partial charge in [-0.05, 0) is 18.6 Å². The van der Waals surface area contributed by atoms with Crippen molar-refractivity contribution in [1.82, 2.24) is 20.5 Å². The van der Waals surface area contributed by atoms with Gasteiger partial charge in [0.1, 0.15) is 0 Å². The quantitative estimate of drug-likeness (QED) is 0.606. The molecule has 1 aromatic heterocycles. The second kappa shape index (κ2) is 8.05. The molecule has 0 bridgehead atoms. The largest absolute Gasteiger partial charge is 0.355 e. The summed E-state index contributed by atoms with van der Waals surface area (Å²) >= 11 is 7.41. The highest BCUT2D eigenvalue weighted by molar-refractivity contribution is 7.99. The Hall–Kier alpha value is -1.53. The lowest BCUT2D eigenvalue weighted by Gasteiger charge is -2.01. The summed E-state index contributed by atoms with van der Waals surface area (Å²) in [5, 5.41) is 10.9. The van der Waals surface area contributed by atoms with Crippen molar-refractivity contribution in [3.8, 4) is 11.4 Å². The normalized spacial score (nSPS) is 10.6. The van der Waals surface area contributed by atoms with Crippen molar-refractivity contribution in [3.63, 3.8) is 0 Å². The lowest BCUT2D eigenvalue weighted by molar-refractivity contribution is -0.118. The number of aromatic amines is 1. The van der Waals surface area contributed by atoms with Gasteiger partial charge < -0.3 is 5.32 Å². The zero-order valence-corrected chi connectivity index (χ0v) is 13.3. The first-order valence-corrected chi connectivity index (χ1v) is 8.14. The number of carbonyl (C=O) groups excluding carboxylic acids is 1. The first kappa shape index (κ1) is 15.9. The minimum atomic E-state index is -0.00227. The fourth-order valence-corrected chi connectivity index (χ4v) is 2.52. The number of hydrogen-bond acceptors (Lipinski definition) is 4. The number of hydrogen-bond donors (Lipinski definition) is 2. The van der Waals surface area contributed by atoms with Gasteiger partial charge in [0, 0.05) is 12.1 Å². The smallest absolute Gasteiger partial charge is 0.230 e. The Morgan fingerprint density at radius 3 is 3.00 bits per heavy atom. The van der Waals surface area contributed by atoms with Gasteiger partial charge >= 0.3 is 0 Å². The van der Waals surface area contributed by atoms with Crippen LogP contribution >= 0.6 is 23.4 Å². The number of halogens is 1. The molecule has 5 nitrogen and oxygen atoms in total. The van der Waals surface area contributed by atoms with Gasteiger partial charge in [0.05, 0.1) is 10.8 Å². The Balaban J connectivity index is 1.89. The first-order valence-electron chi connectivity index (χ1n) is 6.77. The number of unbranched alkanes of at least 4 members (excludes halogenated alkanes) is 1. The van der Waals surface area contributed by atoms with Crippen LogP contribution in [0.15, 0.2) is 29.4 Å². The standard InChI is InChI=1S/C14H17ClN4OS/c1-2-3-8-16-12(20)9-21-14-17-13(18-19-14)10-6-4-5-7-11(10)15/h4-7H,2-3,8-9H2,1H3,(H,16,20)(H,17,18,19). The number of benzene rings is 1. The molecule has 2 N–H and O–H groups in total. The molecule has 0 spiro atoms. The molecule has 7 heteroatoms. The number of nitrogens with one attached hydrogen (secondary N) is 2. The second-order valence-corrected chi connectivity index (χ2v) is 5.79. The van der Waals surface area contributed by atoms with Crippen LogP contribution in [0.3, 0.4) is 0 Å². The highest BCUT2D eigenvalue weighted by Gasteiger charge is 2.10. The number of nitrogens with zero attached hydrogens (tertiary/aromatic N) is 2. The van der Waals surface area contributed by atoms with E-state index in [1.54, 1.807) is 6.07 Å². The van der Waals surface area contributed by atoms with Crippen molar-refractivity contribution in [1.29, 1.82) is 0 Å². The fraction of sp³-hybridized carbons (Fsp3) is 0.357. The van der Waals surface area contributed by atoms with E-state index >= 15 is 0 Å². The number of rotatable bonds is 7. The third-order valence-electron chi connectivity index (χ3n) is 2.78. The Labute approximate surface area is 132 Å². The van der Waals surface area contributed by atoms with Gasteiger partial charge in [-0.2, -0.15) is 0 Å². The molecular weight excluding hydrogens is 308 g/mol. The molecular formula is C14H17ClN4OS. The van der Waals surface area contributed by atoms with Gasteiger partial charge in [0.15, 0.2) is 5.82 Å². The maximum Gasteiger partial charge on any atom is 0.230 e. The van der Waals surface area contributed by atoms with Crippen molar-refractivity contribution < 1.29 is 4.79 Å². The van der Waals surface area contributed by atoms with Crippen LogP contribution in [0.25, 0.3) is 11.4 Å². The number of carbonyl (C=O) groups is 1. The molecule has 1 amide bonds. The third-order valence-corrected chi connectivity index (χ3v) is 3.96. The zero-order valence-electron chi connectivity index (χ0n) is 11.7. The first-order chi connectivity index (χ1) is 10.2. The van der Waals surface area contributed by atoms with Gasteiger partial charge in [0.2, 0.25) is 11.1 Å². The van der Waals surface area contributed by atoms with Gasteiger partial charge in [0.25, 0.3) is 0 Å². The molecule has 21 heavy (non-hydrogen) atoms. The third kappa shape index (κ3) is 4.75. The summed E-state index contributed by atoms with van der Waals surface area (Å²) in [6.45, 7) is 2.81. The van der Waals surface area contributed by atoms with Gasteiger partial charge in [-0.25, -0.2) is 4.98 Å². The van der Waals surface area contributed by atoms with Gasteiger partial charge in [-0.3, -0.25) is 9.89 Å².